The lowest BCUT2D eigenvalue weighted by atomic mass is 10.2. The molecular weight excluding hydrogens is 341 g/mol. The van der Waals surface area contributed by atoms with Crippen molar-refractivity contribution in [3.8, 4) is 0 Å². The SMILES string of the molecule is O=C(Nc1cc(C(F)(F)F)ccc1Br)NC1CCOC1. The molecule has 1 saturated heterocycles. The molecule has 0 aliphatic carbocycles. The van der Waals surface area contributed by atoms with Gasteiger partial charge in [0.05, 0.1) is 23.9 Å². The summed E-state index contributed by atoms with van der Waals surface area (Å²) in [6.45, 7) is 0.982. The van der Waals surface area contributed by atoms with Crippen molar-refractivity contribution in [2.24, 2.45) is 0 Å². The third-order valence-electron chi connectivity index (χ3n) is 2.81. The number of anilines is 1. The van der Waals surface area contributed by atoms with Gasteiger partial charge >= 0.3 is 12.2 Å². The molecule has 20 heavy (non-hydrogen) atoms. The molecule has 8 heteroatoms. The minimum absolute atomic E-state index is 0.0660. The van der Waals surface area contributed by atoms with Crippen LogP contribution in [0.25, 0.3) is 0 Å². The van der Waals surface area contributed by atoms with E-state index in [0.717, 1.165) is 12.1 Å². The van der Waals surface area contributed by atoms with Crippen LogP contribution in [-0.4, -0.2) is 25.3 Å². The van der Waals surface area contributed by atoms with Gasteiger partial charge in [0, 0.05) is 11.1 Å². The highest BCUT2D eigenvalue weighted by molar-refractivity contribution is 9.10. The molecule has 1 aliphatic heterocycles. The van der Waals surface area contributed by atoms with Gasteiger partial charge in [-0.2, -0.15) is 13.2 Å². The molecule has 0 saturated carbocycles. The van der Waals surface area contributed by atoms with Crippen LogP contribution in [0.15, 0.2) is 22.7 Å². The maximum atomic E-state index is 12.6. The van der Waals surface area contributed by atoms with Crippen LogP contribution in [0, 0.1) is 0 Å². The van der Waals surface area contributed by atoms with Crippen LogP contribution in [0.3, 0.4) is 0 Å². The van der Waals surface area contributed by atoms with E-state index in [-0.39, 0.29) is 11.7 Å². The molecule has 4 nitrogen and oxygen atoms in total. The molecule has 2 rings (SSSR count). The van der Waals surface area contributed by atoms with Crippen molar-refractivity contribution in [2.45, 2.75) is 18.6 Å². The molecule has 2 amide bonds. The summed E-state index contributed by atoms with van der Waals surface area (Å²) in [5.74, 6) is 0. The van der Waals surface area contributed by atoms with E-state index in [2.05, 4.69) is 26.6 Å². The van der Waals surface area contributed by atoms with Crippen molar-refractivity contribution in [3.05, 3.63) is 28.2 Å². The number of halogens is 4. The minimum Gasteiger partial charge on any atom is -0.379 e. The fraction of sp³-hybridized carbons (Fsp3) is 0.417. The molecule has 1 unspecified atom stereocenters. The molecule has 110 valence electrons. The second-order valence-electron chi connectivity index (χ2n) is 4.35. The second kappa shape index (κ2) is 6.01. The molecule has 1 fully saturated rings. The predicted molar refractivity (Wildman–Crippen MR) is 70.5 cm³/mol. The Balaban J connectivity index is 2.06. The largest absolute Gasteiger partial charge is 0.416 e. The lowest BCUT2D eigenvalue weighted by Gasteiger charge is -2.14. The number of ether oxygens (including phenoxy) is 1. The highest BCUT2D eigenvalue weighted by Gasteiger charge is 2.31. The van der Waals surface area contributed by atoms with Gasteiger partial charge in [0.2, 0.25) is 0 Å². The fourth-order valence-electron chi connectivity index (χ4n) is 1.79. The number of urea groups is 1. The number of rotatable bonds is 2. The first-order chi connectivity index (χ1) is 9.36. The van der Waals surface area contributed by atoms with E-state index in [1.165, 1.54) is 6.07 Å². The van der Waals surface area contributed by atoms with Gasteiger partial charge in [-0.15, -0.1) is 0 Å². The topological polar surface area (TPSA) is 50.4 Å². The summed E-state index contributed by atoms with van der Waals surface area (Å²) in [4.78, 5) is 11.7. The summed E-state index contributed by atoms with van der Waals surface area (Å²) in [6.07, 6.45) is -3.76. The Morgan fingerprint density at radius 2 is 2.15 bits per heavy atom. The van der Waals surface area contributed by atoms with Crippen molar-refractivity contribution in [3.63, 3.8) is 0 Å². The Hall–Kier alpha value is -1.28. The molecule has 0 spiro atoms. The number of hydrogen-bond donors (Lipinski definition) is 2. The van der Waals surface area contributed by atoms with E-state index in [0.29, 0.717) is 24.1 Å². The zero-order valence-corrected chi connectivity index (χ0v) is 11.8. The normalized spacial score (nSPS) is 18.9. The van der Waals surface area contributed by atoms with Crippen molar-refractivity contribution < 1.29 is 22.7 Å². The zero-order chi connectivity index (χ0) is 14.8. The van der Waals surface area contributed by atoms with Gasteiger partial charge in [-0.3, -0.25) is 0 Å². The van der Waals surface area contributed by atoms with E-state index in [4.69, 9.17) is 4.74 Å². The molecule has 2 N–H and O–H groups in total. The maximum Gasteiger partial charge on any atom is 0.416 e. The first-order valence-corrected chi connectivity index (χ1v) is 6.67. The van der Waals surface area contributed by atoms with Crippen LogP contribution >= 0.6 is 15.9 Å². The van der Waals surface area contributed by atoms with E-state index in [1.807, 2.05) is 0 Å². The van der Waals surface area contributed by atoms with Gasteiger partial charge in [0.15, 0.2) is 0 Å². The Labute approximate surface area is 121 Å². The van der Waals surface area contributed by atoms with E-state index in [9.17, 15) is 18.0 Å². The summed E-state index contributed by atoms with van der Waals surface area (Å²) >= 11 is 3.10. The Kier molecular flexibility index (Phi) is 4.54. The summed E-state index contributed by atoms with van der Waals surface area (Å²) in [5.41, 5.74) is -0.753. The van der Waals surface area contributed by atoms with Crippen LogP contribution in [0.1, 0.15) is 12.0 Å². The number of benzene rings is 1. The number of carbonyl (C=O) groups excluding carboxylic acids is 1. The molecule has 0 radical (unpaired) electrons. The van der Waals surface area contributed by atoms with Crippen molar-refractivity contribution in [1.29, 1.82) is 0 Å². The van der Waals surface area contributed by atoms with Crippen LogP contribution < -0.4 is 10.6 Å². The van der Waals surface area contributed by atoms with Crippen LogP contribution in [-0.2, 0) is 10.9 Å². The predicted octanol–water partition coefficient (Wildman–Crippen LogP) is 3.38. The second-order valence-corrected chi connectivity index (χ2v) is 5.21. The van der Waals surface area contributed by atoms with E-state index in [1.54, 1.807) is 0 Å². The minimum atomic E-state index is -4.45. The number of carbonyl (C=O) groups is 1. The van der Waals surface area contributed by atoms with Crippen LogP contribution in [0.2, 0.25) is 0 Å². The molecular formula is C12H12BrF3N2O2. The summed E-state index contributed by atoms with van der Waals surface area (Å²) < 4.78 is 43.3. The first kappa shape index (κ1) is 15.1. The van der Waals surface area contributed by atoms with Crippen LogP contribution in [0.4, 0.5) is 23.7 Å². The highest BCUT2D eigenvalue weighted by atomic mass is 79.9. The lowest BCUT2D eigenvalue weighted by molar-refractivity contribution is -0.137. The average molecular weight is 353 g/mol. The number of nitrogens with one attached hydrogen (secondary N) is 2. The van der Waals surface area contributed by atoms with Gasteiger partial charge in [0.25, 0.3) is 0 Å². The average Bonchev–Trinajstić information content (AvgIpc) is 2.83. The van der Waals surface area contributed by atoms with E-state index < -0.39 is 17.8 Å². The summed E-state index contributed by atoms with van der Waals surface area (Å²) in [7, 11) is 0. The Bertz CT molecular complexity index is 502. The third kappa shape index (κ3) is 3.86. The fourth-order valence-corrected chi connectivity index (χ4v) is 2.14. The molecule has 0 bridgehead atoms. The molecule has 1 aromatic rings. The van der Waals surface area contributed by atoms with Gasteiger partial charge in [-0.05, 0) is 40.5 Å². The Morgan fingerprint density at radius 3 is 2.75 bits per heavy atom. The quantitative estimate of drug-likeness (QED) is 0.857. The zero-order valence-electron chi connectivity index (χ0n) is 10.3. The molecule has 1 aliphatic rings. The van der Waals surface area contributed by atoms with Crippen LogP contribution in [0.5, 0.6) is 0 Å². The van der Waals surface area contributed by atoms with E-state index >= 15 is 0 Å². The first-order valence-electron chi connectivity index (χ1n) is 5.88. The molecule has 1 atom stereocenters. The van der Waals surface area contributed by atoms with Crippen molar-refractivity contribution in [1.82, 2.24) is 5.32 Å². The number of alkyl halides is 3. The van der Waals surface area contributed by atoms with Crippen molar-refractivity contribution >= 4 is 27.6 Å². The number of hydrogen-bond acceptors (Lipinski definition) is 2. The Morgan fingerprint density at radius 1 is 1.40 bits per heavy atom. The highest BCUT2D eigenvalue weighted by Crippen LogP contribution is 2.33. The number of amides is 2. The monoisotopic (exact) mass is 352 g/mol. The third-order valence-corrected chi connectivity index (χ3v) is 3.50. The van der Waals surface area contributed by atoms with Gasteiger partial charge in [0.1, 0.15) is 0 Å². The lowest BCUT2D eigenvalue weighted by Crippen LogP contribution is -2.38. The van der Waals surface area contributed by atoms with Crippen molar-refractivity contribution in [2.75, 3.05) is 18.5 Å². The smallest absolute Gasteiger partial charge is 0.379 e. The molecule has 1 aromatic carbocycles. The van der Waals surface area contributed by atoms with Gasteiger partial charge in [-0.1, -0.05) is 0 Å². The van der Waals surface area contributed by atoms with Gasteiger partial charge < -0.3 is 15.4 Å². The van der Waals surface area contributed by atoms with Gasteiger partial charge in [-0.25, -0.2) is 4.79 Å². The summed E-state index contributed by atoms with van der Waals surface area (Å²) in [5, 5.41) is 5.03. The standard InChI is InChI=1S/C12H12BrF3N2O2/c13-9-2-1-7(12(14,15)16)5-10(9)18-11(19)17-8-3-4-20-6-8/h1-2,5,8H,3-4,6H2,(H2,17,18,19). The summed E-state index contributed by atoms with van der Waals surface area (Å²) in [6, 6.07) is 2.41. The molecule has 1 heterocycles. The molecule has 0 aromatic heterocycles. The maximum absolute atomic E-state index is 12.6.